The van der Waals surface area contributed by atoms with Crippen molar-refractivity contribution in [2.24, 2.45) is 5.16 Å². The third-order valence-electron chi connectivity index (χ3n) is 1.25. The molecule has 1 aliphatic heterocycles. The first-order valence-corrected chi connectivity index (χ1v) is 3.33. The SMILES string of the molecule is O=[N+]([O-])[N-]C1=NONC1=C([N+](=O)[O-])[N+](=O)[O-]. The topological polar surface area (TPSA) is 177 Å². The van der Waals surface area contributed by atoms with Gasteiger partial charge in [0.15, 0.2) is 0 Å². The van der Waals surface area contributed by atoms with E-state index in [-0.39, 0.29) is 0 Å². The van der Waals surface area contributed by atoms with Crippen molar-refractivity contribution in [1.29, 1.82) is 0 Å². The number of nitrogens with one attached hydrogen (secondary N) is 1. The van der Waals surface area contributed by atoms with Crippen LogP contribution in [0.3, 0.4) is 0 Å². The standard InChI is InChI=1S/C3HN6O7/c10-7(11)3(8(12)13)1-2(4-9(14)15)6-16-5-1/h5H/q-1. The van der Waals surface area contributed by atoms with Crippen LogP contribution >= 0.6 is 0 Å². The number of hydrogen-bond acceptors (Lipinski definition) is 9. The number of nitrogens with zero attached hydrogens (tertiary/aromatic N) is 5. The molecule has 0 aromatic heterocycles. The summed E-state index contributed by atoms with van der Waals surface area (Å²) in [4.78, 5) is 31.9. The van der Waals surface area contributed by atoms with Crippen LogP contribution in [0.25, 0.3) is 5.43 Å². The molecule has 0 radical (unpaired) electrons. The van der Waals surface area contributed by atoms with Crippen LogP contribution in [0.2, 0.25) is 0 Å². The Hall–Kier alpha value is -2.99. The predicted molar refractivity (Wildman–Crippen MR) is 43.0 cm³/mol. The number of rotatable bonds is 3. The van der Waals surface area contributed by atoms with Gasteiger partial charge in [0.2, 0.25) is 5.70 Å². The summed E-state index contributed by atoms with van der Waals surface area (Å²) in [5, 5.41) is 32.2. The minimum absolute atomic E-state index is 0.895. The van der Waals surface area contributed by atoms with E-state index in [9.17, 15) is 30.3 Å². The van der Waals surface area contributed by atoms with Gasteiger partial charge >= 0.3 is 5.82 Å². The van der Waals surface area contributed by atoms with Gasteiger partial charge in [-0.3, -0.25) is 35.5 Å². The molecule has 0 saturated heterocycles. The van der Waals surface area contributed by atoms with Crippen LogP contribution < -0.4 is 5.48 Å². The van der Waals surface area contributed by atoms with Gasteiger partial charge in [0.05, 0.1) is 10.9 Å². The third kappa shape index (κ3) is 2.08. The van der Waals surface area contributed by atoms with Crippen LogP contribution in [0.1, 0.15) is 0 Å². The second-order valence-electron chi connectivity index (χ2n) is 2.16. The molecule has 1 heterocycles. The molecule has 1 aliphatic rings. The fraction of sp³-hybridized carbons (Fsp3) is 0. The Labute approximate surface area is 84.7 Å². The molecule has 0 fully saturated rings. The van der Waals surface area contributed by atoms with Crippen LogP contribution in [-0.2, 0) is 4.94 Å². The van der Waals surface area contributed by atoms with Crippen LogP contribution in [-0.4, -0.2) is 20.7 Å². The lowest BCUT2D eigenvalue weighted by Gasteiger charge is -2.00. The molecule has 0 aliphatic carbocycles. The fourth-order valence-corrected chi connectivity index (χ4v) is 0.743. The Kier molecular flexibility index (Phi) is 2.79. The summed E-state index contributed by atoms with van der Waals surface area (Å²) in [6.07, 6.45) is 0. The zero-order valence-corrected chi connectivity index (χ0v) is 7.09. The third-order valence-corrected chi connectivity index (χ3v) is 1.25. The summed E-state index contributed by atoms with van der Waals surface area (Å²) in [6.45, 7) is 0. The lowest BCUT2D eigenvalue weighted by Crippen LogP contribution is -2.22. The van der Waals surface area contributed by atoms with Gasteiger partial charge < -0.3 is 4.94 Å². The maximum Gasteiger partial charge on any atom is 0.585 e. The molecule has 1 N–H and O–H groups in total. The van der Waals surface area contributed by atoms with E-state index in [1.165, 1.54) is 0 Å². The quantitative estimate of drug-likeness (QED) is 0.482. The van der Waals surface area contributed by atoms with E-state index < -0.39 is 32.2 Å². The highest BCUT2D eigenvalue weighted by Gasteiger charge is 2.36. The van der Waals surface area contributed by atoms with Crippen LogP contribution in [0.15, 0.2) is 16.7 Å². The highest BCUT2D eigenvalue weighted by atomic mass is 16.8. The lowest BCUT2D eigenvalue weighted by atomic mass is 10.4. The minimum Gasteiger partial charge on any atom is -0.374 e. The van der Waals surface area contributed by atoms with Crippen LogP contribution in [0.5, 0.6) is 0 Å². The molecule has 13 heteroatoms. The zero-order valence-electron chi connectivity index (χ0n) is 7.09. The first-order chi connectivity index (χ1) is 7.43. The Morgan fingerprint density at radius 2 is 1.81 bits per heavy atom. The Morgan fingerprint density at radius 1 is 1.25 bits per heavy atom. The van der Waals surface area contributed by atoms with Crippen molar-refractivity contribution in [1.82, 2.24) is 5.48 Å². The summed E-state index contributed by atoms with van der Waals surface area (Å²) in [5.41, 5.74) is 3.33. The highest BCUT2D eigenvalue weighted by molar-refractivity contribution is 6.06. The second kappa shape index (κ2) is 4.03. The number of hydrogen-bond donors (Lipinski definition) is 1. The van der Waals surface area contributed by atoms with Crippen molar-refractivity contribution in [2.75, 3.05) is 0 Å². The molecule has 1 rings (SSSR count). The maximum atomic E-state index is 10.3. The van der Waals surface area contributed by atoms with E-state index in [0.29, 0.717) is 0 Å². The van der Waals surface area contributed by atoms with Gasteiger partial charge in [-0.1, -0.05) is 0 Å². The lowest BCUT2D eigenvalue weighted by molar-refractivity contribution is -0.617. The second-order valence-corrected chi connectivity index (χ2v) is 2.16. The molecule has 16 heavy (non-hydrogen) atoms. The Morgan fingerprint density at radius 3 is 2.25 bits per heavy atom. The van der Waals surface area contributed by atoms with Gasteiger partial charge in [-0.2, -0.15) is 0 Å². The molecular formula is C3HN6O7-. The van der Waals surface area contributed by atoms with Crippen molar-refractivity contribution >= 4 is 5.84 Å². The monoisotopic (exact) mass is 233 g/mol. The van der Waals surface area contributed by atoms with Gasteiger partial charge in [0.1, 0.15) is 9.85 Å². The average molecular weight is 233 g/mol. The van der Waals surface area contributed by atoms with E-state index in [0.717, 1.165) is 0 Å². The van der Waals surface area contributed by atoms with Gasteiger partial charge in [-0.25, -0.2) is 5.48 Å². The van der Waals surface area contributed by atoms with Gasteiger partial charge in [0.25, 0.3) is 0 Å². The molecule has 0 saturated carbocycles. The van der Waals surface area contributed by atoms with E-state index in [4.69, 9.17) is 0 Å². The number of nitro groups is 3. The molecule has 86 valence electrons. The number of amidine groups is 1. The van der Waals surface area contributed by atoms with Crippen LogP contribution in [0, 0.1) is 30.3 Å². The van der Waals surface area contributed by atoms with Crippen molar-refractivity contribution in [3.05, 3.63) is 47.3 Å². The summed E-state index contributed by atoms with van der Waals surface area (Å²) in [6, 6.07) is 0. The number of oxime groups is 1. The van der Waals surface area contributed by atoms with Gasteiger partial charge in [-0.05, 0) is 0 Å². The van der Waals surface area contributed by atoms with Crippen molar-refractivity contribution < 1.29 is 19.8 Å². The zero-order chi connectivity index (χ0) is 12.3. The minimum atomic E-state index is -1.55. The molecule has 0 amide bonds. The predicted octanol–water partition coefficient (Wildman–Crippen LogP) is -0.877. The summed E-state index contributed by atoms with van der Waals surface area (Å²) >= 11 is 0. The average Bonchev–Trinajstić information content (AvgIpc) is 2.50. The Bertz CT molecular complexity index is 408. The van der Waals surface area contributed by atoms with Crippen molar-refractivity contribution in [2.45, 2.75) is 0 Å². The fourth-order valence-electron chi connectivity index (χ4n) is 0.743. The molecule has 0 aromatic carbocycles. The molecule has 0 aromatic rings. The van der Waals surface area contributed by atoms with E-state index >= 15 is 0 Å². The molecule has 0 unspecified atom stereocenters. The van der Waals surface area contributed by atoms with Crippen molar-refractivity contribution in [3.8, 4) is 0 Å². The molecule has 13 nitrogen and oxygen atoms in total. The summed E-state index contributed by atoms with van der Waals surface area (Å²) in [7, 11) is 0. The normalized spacial score (nSPS) is 13.2. The first-order valence-electron chi connectivity index (χ1n) is 3.33. The smallest absolute Gasteiger partial charge is 0.374 e. The van der Waals surface area contributed by atoms with Gasteiger partial charge in [-0.15, -0.1) is 5.43 Å². The highest BCUT2D eigenvalue weighted by Crippen LogP contribution is 2.14. The van der Waals surface area contributed by atoms with Crippen molar-refractivity contribution in [3.63, 3.8) is 0 Å². The molecule has 0 bridgehead atoms. The van der Waals surface area contributed by atoms with Crippen LogP contribution in [0.4, 0.5) is 0 Å². The maximum absolute atomic E-state index is 10.3. The van der Waals surface area contributed by atoms with E-state index in [1.54, 1.807) is 5.48 Å². The number of hydroxylamine groups is 1. The first kappa shape index (κ1) is 11.1. The Balaban J connectivity index is 3.14. The van der Waals surface area contributed by atoms with E-state index in [2.05, 4.69) is 15.5 Å². The largest absolute Gasteiger partial charge is 0.585 e. The summed E-state index contributed by atoms with van der Waals surface area (Å²) < 4.78 is 0. The summed E-state index contributed by atoms with van der Waals surface area (Å²) in [5.74, 6) is -2.45. The molecular weight excluding hydrogens is 232 g/mol. The van der Waals surface area contributed by atoms with E-state index in [1.807, 2.05) is 0 Å². The molecule has 0 spiro atoms. The van der Waals surface area contributed by atoms with Gasteiger partial charge in [0, 0.05) is 0 Å². The molecule has 0 atom stereocenters.